The minimum absolute atomic E-state index is 0.180. The zero-order valence-corrected chi connectivity index (χ0v) is 15.0. The molecule has 0 saturated heterocycles. The number of hydrogen-bond donors (Lipinski definition) is 3. The van der Waals surface area contributed by atoms with E-state index in [0.717, 1.165) is 11.1 Å². The van der Waals surface area contributed by atoms with E-state index in [1.165, 1.54) is 10.8 Å². The lowest BCUT2D eigenvalue weighted by Gasteiger charge is -2.12. The second-order valence-corrected chi connectivity index (χ2v) is 6.47. The molecular weight excluding hydrogens is 384 g/mol. The number of carbonyl (C=O) groups is 2. The molecule has 0 aliphatic heterocycles. The number of aliphatic carboxylic acids is 1. The van der Waals surface area contributed by atoms with Crippen LogP contribution in [0.15, 0.2) is 48.8 Å². The molecule has 0 atom stereocenters. The first-order chi connectivity index (χ1) is 13.5. The van der Waals surface area contributed by atoms with Crippen molar-refractivity contribution >= 4 is 39.9 Å². The number of fused-ring (bicyclic) bond motifs is 3. The fourth-order valence-corrected chi connectivity index (χ4v) is 3.14. The van der Waals surface area contributed by atoms with Crippen LogP contribution in [0.3, 0.4) is 0 Å². The van der Waals surface area contributed by atoms with Crippen LogP contribution in [0.5, 0.6) is 5.75 Å². The van der Waals surface area contributed by atoms with Crippen LogP contribution >= 0.6 is 11.6 Å². The minimum Gasteiger partial charge on any atom is -0.505 e. The van der Waals surface area contributed by atoms with Gasteiger partial charge in [-0.1, -0.05) is 29.8 Å². The number of hydrogen-bond acceptors (Lipinski definition) is 5. The Morgan fingerprint density at radius 3 is 2.50 bits per heavy atom. The molecule has 1 amide bonds. The maximum atomic E-state index is 12.4. The number of halogens is 1. The van der Waals surface area contributed by atoms with Crippen molar-refractivity contribution in [1.82, 2.24) is 19.9 Å². The van der Waals surface area contributed by atoms with Gasteiger partial charge in [0, 0.05) is 15.8 Å². The van der Waals surface area contributed by atoms with E-state index in [9.17, 15) is 14.7 Å². The van der Waals surface area contributed by atoms with E-state index in [0.29, 0.717) is 21.4 Å². The van der Waals surface area contributed by atoms with E-state index in [1.54, 1.807) is 24.3 Å². The lowest BCUT2D eigenvalue weighted by atomic mass is 10.0. The zero-order chi connectivity index (χ0) is 19.8. The van der Waals surface area contributed by atoms with E-state index >= 15 is 0 Å². The summed E-state index contributed by atoms with van der Waals surface area (Å²) < 4.78 is 1.19. The molecule has 4 aromatic rings. The van der Waals surface area contributed by atoms with Crippen LogP contribution in [-0.4, -0.2) is 43.2 Å². The number of carboxylic acid groups (broad SMARTS) is 1. The average Bonchev–Trinajstić information content (AvgIpc) is 3.16. The number of aromatic hydroxyl groups is 1. The van der Waals surface area contributed by atoms with Gasteiger partial charge in [0.25, 0.3) is 5.91 Å². The van der Waals surface area contributed by atoms with Gasteiger partial charge in [-0.05, 0) is 35.4 Å². The summed E-state index contributed by atoms with van der Waals surface area (Å²) in [7, 11) is 0. The highest BCUT2D eigenvalue weighted by Gasteiger charge is 2.22. The van der Waals surface area contributed by atoms with Crippen molar-refractivity contribution in [3.8, 4) is 16.9 Å². The van der Waals surface area contributed by atoms with Crippen LogP contribution in [0.1, 0.15) is 10.5 Å². The number of aromatic nitrogens is 3. The molecule has 4 rings (SSSR count). The monoisotopic (exact) mass is 396 g/mol. The molecule has 8 nitrogen and oxygen atoms in total. The molecule has 0 radical (unpaired) electrons. The molecule has 0 bridgehead atoms. The van der Waals surface area contributed by atoms with Crippen molar-refractivity contribution in [2.24, 2.45) is 0 Å². The molecule has 2 heterocycles. The predicted octanol–water partition coefficient (Wildman–Crippen LogP) is 2.72. The highest BCUT2D eigenvalue weighted by atomic mass is 35.5. The van der Waals surface area contributed by atoms with Gasteiger partial charge in [0.1, 0.15) is 12.9 Å². The molecule has 2 aromatic heterocycles. The number of benzene rings is 2. The van der Waals surface area contributed by atoms with Crippen molar-refractivity contribution in [2.75, 3.05) is 6.54 Å². The molecule has 3 N–H and O–H groups in total. The number of nitrogens with one attached hydrogen (secondary N) is 1. The summed E-state index contributed by atoms with van der Waals surface area (Å²) in [4.78, 5) is 27.3. The number of nitrogens with zero attached hydrogens (tertiary/aromatic N) is 3. The zero-order valence-electron chi connectivity index (χ0n) is 14.3. The molecule has 9 heteroatoms. The highest BCUT2D eigenvalue weighted by Crippen LogP contribution is 2.34. The van der Waals surface area contributed by atoms with Crippen LogP contribution in [-0.2, 0) is 4.79 Å². The van der Waals surface area contributed by atoms with Gasteiger partial charge in [0.05, 0.1) is 0 Å². The molecule has 0 aliphatic rings. The standard InChI is InChI=1S/C19H13ClN4O4/c20-12-4-1-10(2-5-12)11-3-6-13-14(7-11)18-22-9-23-24(18)16(17(13)27)19(28)21-8-15(25)26/h1-7,9,27H,8H2,(H,21,28)(H,25,26). The normalized spacial score (nSPS) is 11.0. The lowest BCUT2D eigenvalue weighted by molar-refractivity contribution is -0.135. The van der Waals surface area contributed by atoms with Crippen molar-refractivity contribution in [3.05, 3.63) is 59.5 Å². The first kappa shape index (κ1) is 17.7. The Kier molecular flexibility index (Phi) is 4.32. The third-order valence-corrected chi connectivity index (χ3v) is 4.54. The summed E-state index contributed by atoms with van der Waals surface area (Å²) in [5, 5.41) is 27.3. The van der Waals surface area contributed by atoms with Gasteiger partial charge in [-0.25, -0.2) is 9.50 Å². The number of rotatable bonds is 4. The van der Waals surface area contributed by atoms with Crippen LogP contribution in [0.2, 0.25) is 5.02 Å². The Balaban J connectivity index is 1.90. The number of amides is 1. The molecule has 0 fully saturated rings. The van der Waals surface area contributed by atoms with E-state index in [2.05, 4.69) is 15.4 Å². The second-order valence-electron chi connectivity index (χ2n) is 6.04. The molecule has 2 aromatic carbocycles. The van der Waals surface area contributed by atoms with E-state index in [-0.39, 0.29) is 11.4 Å². The van der Waals surface area contributed by atoms with Crippen LogP contribution in [0.25, 0.3) is 27.5 Å². The SMILES string of the molecule is O=C(O)CNC(=O)c1c(O)c2ccc(-c3ccc(Cl)cc3)cc2c2ncnn12. The highest BCUT2D eigenvalue weighted by molar-refractivity contribution is 6.30. The summed E-state index contributed by atoms with van der Waals surface area (Å²) in [6.07, 6.45) is 1.26. The largest absolute Gasteiger partial charge is 0.505 e. The van der Waals surface area contributed by atoms with Crippen LogP contribution in [0, 0.1) is 0 Å². The Labute approximate surface area is 163 Å². The average molecular weight is 397 g/mol. The van der Waals surface area contributed by atoms with Gasteiger partial charge in [0.2, 0.25) is 0 Å². The van der Waals surface area contributed by atoms with Crippen LogP contribution < -0.4 is 5.32 Å². The number of carboxylic acids is 1. The van der Waals surface area contributed by atoms with E-state index in [4.69, 9.17) is 16.7 Å². The van der Waals surface area contributed by atoms with E-state index < -0.39 is 18.4 Å². The smallest absolute Gasteiger partial charge is 0.322 e. The Morgan fingerprint density at radius 2 is 1.79 bits per heavy atom. The maximum absolute atomic E-state index is 12.4. The fraction of sp³-hybridized carbons (Fsp3) is 0.0526. The van der Waals surface area contributed by atoms with Crippen molar-refractivity contribution in [2.45, 2.75) is 0 Å². The third kappa shape index (κ3) is 2.99. The van der Waals surface area contributed by atoms with Crippen molar-refractivity contribution < 1.29 is 19.8 Å². The summed E-state index contributed by atoms with van der Waals surface area (Å²) in [5.74, 6) is -2.27. The van der Waals surface area contributed by atoms with Crippen molar-refractivity contribution in [3.63, 3.8) is 0 Å². The molecule has 140 valence electrons. The quantitative estimate of drug-likeness (QED) is 0.488. The van der Waals surface area contributed by atoms with Gasteiger partial charge in [0.15, 0.2) is 17.1 Å². The predicted molar refractivity (Wildman–Crippen MR) is 103 cm³/mol. The molecule has 28 heavy (non-hydrogen) atoms. The first-order valence-electron chi connectivity index (χ1n) is 8.20. The Hall–Kier alpha value is -3.65. The molecule has 0 spiro atoms. The first-order valence-corrected chi connectivity index (χ1v) is 8.58. The number of pyridine rings is 1. The molecule has 0 saturated carbocycles. The summed E-state index contributed by atoms with van der Waals surface area (Å²) in [5.41, 5.74) is 1.98. The Bertz CT molecular complexity index is 1230. The molecular formula is C19H13ClN4O4. The topological polar surface area (TPSA) is 117 Å². The van der Waals surface area contributed by atoms with Gasteiger partial charge in [-0.2, -0.15) is 5.10 Å². The van der Waals surface area contributed by atoms with E-state index in [1.807, 2.05) is 18.2 Å². The molecule has 0 aliphatic carbocycles. The maximum Gasteiger partial charge on any atom is 0.322 e. The summed E-state index contributed by atoms with van der Waals surface area (Å²) in [6.45, 7) is -0.581. The van der Waals surface area contributed by atoms with Crippen molar-refractivity contribution in [1.29, 1.82) is 0 Å². The second kappa shape index (κ2) is 6.82. The Morgan fingerprint density at radius 1 is 1.07 bits per heavy atom. The van der Waals surface area contributed by atoms with Gasteiger partial charge in [-0.15, -0.1) is 0 Å². The van der Waals surface area contributed by atoms with Crippen LogP contribution in [0.4, 0.5) is 0 Å². The summed E-state index contributed by atoms with van der Waals surface area (Å²) >= 11 is 5.94. The molecule has 0 unspecified atom stereocenters. The third-order valence-electron chi connectivity index (χ3n) is 4.29. The van der Waals surface area contributed by atoms with Gasteiger partial charge < -0.3 is 15.5 Å². The van der Waals surface area contributed by atoms with Gasteiger partial charge >= 0.3 is 5.97 Å². The fourth-order valence-electron chi connectivity index (χ4n) is 3.02. The van der Waals surface area contributed by atoms with Gasteiger partial charge in [-0.3, -0.25) is 9.59 Å². The lowest BCUT2D eigenvalue weighted by Crippen LogP contribution is -2.31. The summed E-state index contributed by atoms with van der Waals surface area (Å²) in [6, 6.07) is 12.6. The number of carbonyl (C=O) groups excluding carboxylic acids is 1. The minimum atomic E-state index is -1.20.